The molecule has 2 nitrogen and oxygen atoms in total. The van der Waals surface area contributed by atoms with Gasteiger partial charge in [0.1, 0.15) is 5.78 Å². The zero-order valence-corrected chi connectivity index (χ0v) is 8.93. The first-order chi connectivity index (χ1) is 7.53. The Morgan fingerprint density at radius 2 is 2.06 bits per heavy atom. The molecule has 1 aromatic carbocycles. The highest BCUT2D eigenvalue weighted by atomic mass is 19.2. The number of hydrogen-bond acceptors (Lipinski definition) is 2. The third-order valence-corrected chi connectivity index (χ3v) is 2.88. The van der Waals surface area contributed by atoms with Gasteiger partial charge in [0.15, 0.2) is 11.6 Å². The van der Waals surface area contributed by atoms with E-state index in [-0.39, 0.29) is 5.78 Å². The summed E-state index contributed by atoms with van der Waals surface area (Å²) >= 11 is 0. The first-order valence-electron chi connectivity index (χ1n) is 5.06. The molecule has 1 aromatic rings. The molecule has 1 saturated heterocycles. The Balaban J connectivity index is 2.33. The van der Waals surface area contributed by atoms with E-state index in [2.05, 4.69) is 0 Å². The molecule has 0 bridgehead atoms. The number of rotatable bonds is 3. The third kappa shape index (κ3) is 1.85. The molecule has 1 aliphatic rings. The highest BCUT2D eigenvalue weighted by Crippen LogP contribution is 2.36. The molecule has 86 valence electrons. The van der Waals surface area contributed by atoms with E-state index in [0.29, 0.717) is 25.2 Å². The third-order valence-electron chi connectivity index (χ3n) is 2.88. The van der Waals surface area contributed by atoms with Crippen LogP contribution in [0.1, 0.15) is 18.9 Å². The highest BCUT2D eigenvalue weighted by Gasteiger charge is 2.41. The summed E-state index contributed by atoms with van der Waals surface area (Å²) in [6, 6.07) is 3.76. The molecule has 0 aliphatic carbocycles. The molecule has 16 heavy (non-hydrogen) atoms. The van der Waals surface area contributed by atoms with Gasteiger partial charge in [-0.1, -0.05) is 6.07 Å². The van der Waals surface area contributed by atoms with Crippen LogP contribution in [0.25, 0.3) is 0 Å². The second-order valence-electron chi connectivity index (χ2n) is 4.28. The lowest BCUT2D eigenvalue weighted by atomic mass is 9.75. The molecule has 1 heterocycles. The van der Waals surface area contributed by atoms with E-state index in [4.69, 9.17) is 4.74 Å². The highest BCUT2D eigenvalue weighted by molar-refractivity contribution is 5.77. The van der Waals surface area contributed by atoms with Crippen LogP contribution in [0.2, 0.25) is 0 Å². The van der Waals surface area contributed by atoms with Crippen molar-refractivity contribution in [2.45, 2.75) is 18.8 Å². The minimum absolute atomic E-state index is 0.0213. The van der Waals surface area contributed by atoms with Gasteiger partial charge in [0, 0.05) is 11.8 Å². The van der Waals surface area contributed by atoms with E-state index in [1.165, 1.54) is 13.0 Å². The van der Waals surface area contributed by atoms with Crippen LogP contribution in [-0.4, -0.2) is 19.0 Å². The smallest absolute Gasteiger partial charge is 0.159 e. The van der Waals surface area contributed by atoms with Crippen LogP contribution in [0.4, 0.5) is 8.78 Å². The van der Waals surface area contributed by atoms with Crippen molar-refractivity contribution < 1.29 is 18.3 Å². The summed E-state index contributed by atoms with van der Waals surface area (Å²) in [5.74, 6) is -1.73. The van der Waals surface area contributed by atoms with Crippen LogP contribution in [0.15, 0.2) is 18.2 Å². The van der Waals surface area contributed by atoms with Crippen LogP contribution >= 0.6 is 0 Å². The molecule has 0 spiro atoms. The summed E-state index contributed by atoms with van der Waals surface area (Å²) in [5, 5.41) is 0. The maximum atomic E-state index is 13.1. The van der Waals surface area contributed by atoms with E-state index in [0.717, 1.165) is 12.1 Å². The summed E-state index contributed by atoms with van der Waals surface area (Å²) in [5.41, 5.74) is 0.174. The van der Waals surface area contributed by atoms with Gasteiger partial charge in [-0.15, -0.1) is 0 Å². The molecule has 4 heteroatoms. The number of benzene rings is 1. The summed E-state index contributed by atoms with van der Waals surface area (Å²) < 4.78 is 31.0. The average molecular weight is 226 g/mol. The van der Waals surface area contributed by atoms with Crippen molar-refractivity contribution in [3.8, 4) is 0 Å². The Hall–Kier alpha value is -1.29. The standard InChI is InChI=1S/C12H12F2O2/c1-8(15)5-12(6-16-7-12)9-2-3-10(13)11(14)4-9/h2-4H,5-7H2,1H3. The Labute approximate surface area is 92.2 Å². The van der Waals surface area contributed by atoms with Crippen molar-refractivity contribution in [2.75, 3.05) is 13.2 Å². The average Bonchev–Trinajstić information content (AvgIpc) is 2.16. The maximum absolute atomic E-state index is 13.1. The Morgan fingerprint density at radius 1 is 1.38 bits per heavy atom. The van der Waals surface area contributed by atoms with Gasteiger partial charge in [-0.25, -0.2) is 8.78 Å². The van der Waals surface area contributed by atoms with Gasteiger partial charge in [0.05, 0.1) is 13.2 Å². The van der Waals surface area contributed by atoms with E-state index in [9.17, 15) is 13.6 Å². The van der Waals surface area contributed by atoms with Crippen molar-refractivity contribution in [1.82, 2.24) is 0 Å². The number of carbonyl (C=O) groups excluding carboxylic acids is 1. The lowest BCUT2D eigenvalue weighted by Crippen LogP contribution is -2.48. The molecule has 0 unspecified atom stereocenters. The normalized spacial score (nSPS) is 17.9. The van der Waals surface area contributed by atoms with Crippen LogP contribution in [0.5, 0.6) is 0 Å². The van der Waals surface area contributed by atoms with Crippen LogP contribution < -0.4 is 0 Å². The summed E-state index contributed by atoms with van der Waals surface area (Å²) in [6.45, 7) is 2.26. The predicted molar refractivity (Wildman–Crippen MR) is 54.2 cm³/mol. The fourth-order valence-electron chi connectivity index (χ4n) is 2.02. The summed E-state index contributed by atoms with van der Waals surface area (Å²) in [7, 11) is 0. The number of ketones is 1. The van der Waals surface area contributed by atoms with Crippen molar-refractivity contribution in [1.29, 1.82) is 0 Å². The molecular weight excluding hydrogens is 214 g/mol. The van der Waals surface area contributed by atoms with Gasteiger partial charge in [0.2, 0.25) is 0 Å². The number of carbonyl (C=O) groups is 1. The summed E-state index contributed by atoms with van der Waals surface area (Å²) in [4.78, 5) is 11.2. The van der Waals surface area contributed by atoms with Crippen molar-refractivity contribution >= 4 is 5.78 Å². The van der Waals surface area contributed by atoms with Gasteiger partial charge < -0.3 is 4.74 Å². The van der Waals surface area contributed by atoms with Gasteiger partial charge in [0.25, 0.3) is 0 Å². The molecule has 0 amide bonds. The minimum Gasteiger partial charge on any atom is -0.379 e. The fraction of sp³-hybridized carbons (Fsp3) is 0.417. The number of halogens is 2. The predicted octanol–water partition coefficient (Wildman–Crippen LogP) is 2.21. The molecule has 0 N–H and O–H groups in total. The molecule has 1 aliphatic heterocycles. The van der Waals surface area contributed by atoms with Crippen molar-refractivity contribution in [2.24, 2.45) is 0 Å². The van der Waals surface area contributed by atoms with E-state index in [1.807, 2.05) is 0 Å². The Morgan fingerprint density at radius 3 is 2.50 bits per heavy atom. The van der Waals surface area contributed by atoms with Crippen LogP contribution in [0, 0.1) is 11.6 Å². The number of Topliss-reactive ketones (excluding diaryl/α,β-unsaturated/α-hetero) is 1. The van der Waals surface area contributed by atoms with E-state index in [1.54, 1.807) is 0 Å². The van der Waals surface area contributed by atoms with E-state index >= 15 is 0 Å². The second-order valence-corrected chi connectivity index (χ2v) is 4.28. The van der Waals surface area contributed by atoms with Gasteiger partial charge in [-0.05, 0) is 24.6 Å². The minimum atomic E-state index is -0.882. The number of ether oxygens (including phenoxy) is 1. The van der Waals surface area contributed by atoms with E-state index < -0.39 is 17.0 Å². The van der Waals surface area contributed by atoms with Crippen LogP contribution in [-0.2, 0) is 14.9 Å². The monoisotopic (exact) mass is 226 g/mol. The van der Waals surface area contributed by atoms with Crippen molar-refractivity contribution in [3.63, 3.8) is 0 Å². The first kappa shape index (κ1) is 11.2. The Bertz CT molecular complexity index is 425. The molecule has 0 saturated carbocycles. The lowest BCUT2D eigenvalue weighted by Gasteiger charge is -2.41. The second kappa shape index (κ2) is 3.94. The van der Waals surface area contributed by atoms with Gasteiger partial charge in [-0.2, -0.15) is 0 Å². The summed E-state index contributed by atoms with van der Waals surface area (Å²) in [6.07, 6.45) is 0.304. The van der Waals surface area contributed by atoms with Crippen molar-refractivity contribution in [3.05, 3.63) is 35.4 Å². The zero-order valence-electron chi connectivity index (χ0n) is 8.93. The molecular formula is C12H12F2O2. The zero-order chi connectivity index (χ0) is 11.8. The SMILES string of the molecule is CC(=O)CC1(c2ccc(F)c(F)c2)COC1. The lowest BCUT2D eigenvalue weighted by molar-refractivity contribution is -0.125. The molecule has 0 atom stereocenters. The fourth-order valence-corrected chi connectivity index (χ4v) is 2.02. The largest absolute Gasteiger partial charge is 0.379 e. The first-order valence-corrected chi connectivity index (χ1v) is 5.06. The molecule has 0 aromatic heterocycles. The molecule has 2 rings (SSSR count). The van der Waals surface area contributed by atoms with Gasteiger partial charge in [-0.3, -0.25) is 4.79 Å². The topological polar surface area (TPSA) is 26.3 Å². The quantitative estimate of drug-likeness (QED) is 0.789. The van der Waals surface area contributed by atoms with Gasteiger partial charge >= 0.3 is 0 Å². The molecule has 0 radical (unpaired) electrons. The maximum Gasteiger partial charge on any atom is 0.159 e. The van der Waals surface area contributed by atoms with Crippen LogP contribution in [0.3, 0.4) is 0 Å². The molecule has 1 fully saturated rings. The Kier molecular flexibility index (Phi) is 2.76. The number of hydrogen-bond donors (Lipinski definition) is 0.